The topological polar surface area (TPSA) is 67.9 Å². The van der Waals surface area contributed by atoms with Crippen LogP contribution < -0.4 is 14.8 Å². The molecule has 0 aromatic heterocycles. The van der Waals surface area contributed by atoms with Crippen LogP contribution in [0, 0.1) is 0 Å². The third-order valence-electron chi connectivity index (χ3n) is 4.83. The first-order valence-corrected chi connectivity index (χ1v) is 10.7. The predicted octanol–water partition coefficient (Wildman–Crippen LogP) is 4.17. The Labute approximate surface area is 186 Å². The Morgan fingerprint density at radius 1 is 1.10 bits per heavy atom. The summed E-state index contributed by atoms with van der Waals surface area (Å²) in [5.41, 5.74) is 0.915. The van der Waals surface area contributed by atoms with Gasteiger partial charge in [-0.25, -0.2) is 0 Å². The second kappa shape index (κ2) is 11.6. The van der Waals surface area contributed by atoms with E-state index in [4.69, 9.17) is 9.47 Å². The summed E-state index contributed by atoms with van der Waals surface area (Å²) in [6, 6.07) is 14.2. The standard InChI is InChI=1S/C23H29BrN2O4/c1-5-16(2)25-23(28)17(3)26(14-18-9-8-10-19(24)13-18)22(27)15-30-21-12-7-6-11-20(21)29-4/h6-13,16-17H,5,14-15H2,1-4H3,(H,25,28)/t16-,17+/m1/s1. The Morgan fingerprint density at radius 2 is 1.80 bits per heavy atom. The van der Waals surface area contributed by atoms with Crippen molar-refractivity contribution in [3.05, 3.63) is 58.6 Å². The van der Waals surface area contributed by atoms with Crippen LogP contribution in [0.1, 0.15) is 32.8 Å². The highest BCUT2D eigenvalue weighted by Gasteiger charge is 2.27. The quantitative estimate of drug-likeness (QED) is 0.558. The first-order valence-electron chi connectivity index (χ1n) is 9.95. The van der Waals surface area contributed by atoms with Crippen molar-refractivity contribution < 1.29 is 19.1 Å². The van der Waals surface area contributed by atoms with Gasteiger partial charge in [-0.1, -0.05) is 47.1 Å². The van der Waals surface area contributed by atoms with E-state index in [0.29, 0.717) is 18.0 Å². The van der Waals surface area contributed by atoms with E-state index in [0.717, 1.165) is 16.5 Å². The number of ether oxygens (including phenoxy) is 2. The number of nitrogens with one attached hydrogen (secondary N) is 1. The van der Waals surface area contributed by atoms with Gasteiger partial charge >= 0.3 is 0 Å². The van der Waals surface area contributed by atoms with Crippen LogP contribution in [-0.2, 0) is 16.1 Å². The van der Waals surface area contributed by atoms with Crippen LogP contribution in [0.3, 0.4) is 0 Å². The van der Waals surface area contributed by atoms with Crippen molar-refractivity contribution in [3.63, 3.8) is 0 Å². The maximum absolute atomic E-state index is 13.1. The molecule has 2 aromatic carbocycles. The molecule has 0 saturated heterocycles. The van der Waals surface area contributed by atoms with Gasteiger partial charge in [-0.2, -0.15) is 0 Å². The third kappa shape index (κ3) is 6.76. The van der Waals surface area contributed by atoms with E-state index in [1.54, 1.807) is 26.2 Å². The number of rotatable bonds is 10. The first-order chi connectivity index (χ1) is 14.3. The van der Waals surface area contributed by atoms with Crippen LogP contribution in [0.5, 0.6) is 11.5 Å². The lowest BCUT2D eigenvalue weighted by Crippen LogP contribution is -2.50. The van der Waals surface area contributed by atoms with E-state index in [9.17, 15) is 9.59 Å². The SMILES string of the molecule is CC[C@@H](C)NC(=O)[C@H](C)N(Cc1cccc(Br)c1)C(=O)COc1ccccc1OC. The molecular weight excluding hydrogens is 448 g/mol. The Bertz CT molecular complexity index is 859. The summed E-state index contributed by atoms with van der Waals surface area (Å²) in [6.07, 6.45) is 0.814. The molecule has 0 saturated carbocycles. The van der Waals surface area contributed by atoms with Gasteiger partial charge in [0.15, 0.2) is 18.1 Å². The van der Waals surface area contributed by atoms with Gasteiger partial charge < -0.3 is 19.7 Å². The smallest absolute Gasteiger partial charge is 0.261 e. The van der Waals surface area contributed by atoms with Crippen molar-refractivity contribution in [1.82, 2.24) is 10.2 Å². The highest BCUT2D eigenvalue weighted by Crippen LogP contribution is 2.26. The van der Waals surface area contributed by atoms with Gasteiger partial charge in [-0.15, -0.1) is 0 Å². The Morgan fingerprint density at radius 3 is 2.43 bits per heavy atom. The molecule has 2 rings (SSSR count). The van der Waals surface area contributed by atoms with E-state index in [1.807, 2.05) is 50.2 Å². The van der Waals surface area contributed by atoms with Gasteiger partial charge in [-0.3, -0.25) is 9.59 Å². The second-order valence-corrected chi connectivity index (χ2v) is 8.00. The lowest BCUT2D eigenvalue weighted by molar-refractivity contribution is -0.142. The van der Waals surface area contributed by atoms with Gasteiger partial charge in [0.2, 0.25) is 5.91 Å². The maximum atomic E-state index is 13.1. The first kappa shape index (κ1) is 23.7. The Balaban J connectivity index is 2.18. The van der Waals surface area contributed by atoms with E-state index in [-0.39, 0.29) is 24.5 Å². The molecule has 2 aromatic rings. The molecule has 0 fully saturated rings. The summed E-state index contributed by atoms with van der Waals surface area (Å²) in [4.78, 5) is 27.3. The van der Waals surface area contributed by atoms with E-state index < -0.39 is 6.04 Å². The van der Waals surface area contributed by atoms with Crippen molar-refractivity contribution >= 4 is 27.7 Å². The summed E-state index contributed by atoms with van der Waals surface area (Å²) in [7, 11) is 1.55. The fraction of sp³-hybridized carbons (Fsp3) is 0.391. The second-order valence-electron chi connectivity index (χ2n) is 7.08. The van der Waals surface area contributed by atoms with Gasteiger partial charge in [0.25, 0.3) is 5.91 Å². The summed E-state index contributed by atoms with van der Waals surface area (Å²) in [6.45, 7) is 5.77. The molecule has 6 nitrogen and oxygen atoms in total. The molecule has 30 heavy (non-hydrogen) atoms. The molecule has 0 aliphatic heterocycles. The zero-order valence-corrected chi connectivity index (χ0v) is 19.4. The van der Waals surface area contributed by atoms with Crippen molar-refractivity contribution in [2.24, 2.45) is 0 Å². The zero-order chi connectivity index (χ0) is 22.1. The highest BCUT2D eigenvalue weighted by atomic mass is 79.9. The minimum Gasteiger partial charge on any atom is -0.493 e. The summed E-state index contributed by atoms with van der Waals surface area (Å²) >= 11 is 3.45. The third-order valence-corrected chi connectivity index (χ3v) is 5.32. The molecule has 2 amide bonds. The van der Waals surface area contributed by atoms with Crippen LogP contribution in [0.25, 0.3) is 0 Å². The molecule has 162 valence electrons. The highest BCUT2D eigenvalue weighted by molar-refractivity contribution is 9.10. The largest absolute Gasteiger partial charge is 0.493 e. The Hall–Kier alpha value is -2.54. The van der Waals surface area contributed by atoms with Crippen LogP contribution in [0.4, 0.5) is 0 Å². The van der Waals surface area contributed by atoms with E-state index >= 15 is 0 Å². The fourth-order valence-electron chi connectivity index (χ4n) is 2.84. The average molecular weight is 477 g/mol. The molecular formula is C23H29BrN2O4. The van der Waals surface area contributed by atoms with Crippen molar-refractivity contribution in [2.45, 2.75) is 45.8 Å². The molecule has 2 atom stereocenters. The van der Waals surface area contributed by atoms with Crippen molar-refractivity contribution in [1.29, 1.82) is 0 Å². The molecule has 1 N–H and O–H groups in total. The lowest BCUT2D eigenvalue weighted by atomic mass is 10.1. The monoisotopic (exact) mass is 476 g/mol. The lowest BCUT2D eigenvalue weighted by Gasteiger charge is -2.29. The van der Waals surface area contributed by atoms with Gasteiger partial charge in [0.05, 0.1) is 7.11 Å². The van der Waals surface area contributed by atoms with Gasteiger partial charge in [0.1, 0.15) is 6.04 Å². The summed E-state index contributed by atoms with van der Waals surface area (Å²) < 4.78 is 11.9. The number of methoxy groups -OCH3 is 1. The molecule has 0 aliphatic rings. The zero-order valence-electron chi connectivity index (χ0n) is 17.9. The predicted molar refractivity (Wildman–Crippen MR) is 121 cm³/mol. The number of carbonyl (C=O) groups is 2. The number of hydrogen-bond donors (Lipinski definition) is 1. The van der Waals surface area contributed by atoms with E-state index in [2.05, 4.69) is 21.2 Å². The van der Waals surface area contributed by atoms with Crippen molar-refractivity contribution in [2.75, 3.05) is 13.7 Å². The van der Waals surface area contributed by atoms with E-state index in [1.165, 1.54) is 4.90 Å². The number of halogens is 1. The molecule has 0 unspecified atom stereocenters. The number of carbonyl (C=O) groups excluding carboxylic acids is 2. The number of hydrogen-bond acceptors (Lipinski definition) is 4. The average Bonchev–Trinajstić information content (AvgIpc) is 2.75. The van der Waals surface area contributed by atoms with Gasteiger partial charge in [0, 0.05) is 17.1 Å². The maximum Gasteiger partial charge on any atom is 0.261 e. The molecule has 0 bridgehead atoms. The minimum atomic E-state index is -0.647. The van der Waals surface area contributed by atoms with Crippen molar-refractivity contribution in [3.8, 4) is 11.5 Å². The molecule has 0 radical (unpaired) electrons. The number of para-hydroxylation sites is 2. The number of nitrogens with zero attached hydrogens (tertiary/aromatic N) is 1. The minimum absolute atomic E-state index is 0.0348. The van der Waals surface area contributed by atoms with Crippen LogP contribution in [0.15, 0.2) is 53.0 Å². The van der Waals surface area contributed by atoms with Crippen LogP contribution in [-0.4, -0.2) is 42.5 Å². The molecule has 7 heteroatoms. The molecule has 0 spiro atoms. The van der Waals surface area contributed by atoms with Crippen LogP contribution in [0.2, 0.25) is 0 Å². The molecule has 0 aliphatic carbocycles. The number of amides is 2. The summed E-state index contributed by atoms with van der Waals surface area (Å²) in [5, 5.41) is 2.95. The molecule has 0 heterocycles. The summed E-state index contributed by atoms with van der Waals surface area (Å²) in [5.74, 6) is 0.552. The van der Waals surface area contributed by atoms with Crippen LogP contribution >= 0.6 is 15.9 Å². The Kier molecular flexibility index (Phi) is 9.17. The normalized spacial score (nSPS) is 12.6. The van der Waals surface area contributed by atoms with Gasteiger partial charge in [-0.05, 0) is 50.1 Å². The number of benzene rings is 2. The fourth-order valence-corrected chi connectivity index (χ4v) is 3.29.